The molecule has 0 aliphatic carbocycles. The number of ether oxygens (including phenoxy) is 2. The average Bonchev–Trinajstić information content (AvgIpc) is 2.51. The van der Waals surface area contributed by atoms with Crippen LogP contribution >= 0.6 is 15.9 Å². The van der Waals surface area contributed by atoms with Crippen molar-refractivity contribution in [1.82, 2.24) is 0 Å². The lowest BCUT2D eigenvalue weighted by Gasteiger charge is -2.12. The minimum Gasteiger partial charge on any atom is -0.463 e. The predicted molar refractivity (Wildman–Crippen MR) is 84.5 cm³/mol. The Morgan fingerprint density at radius 3 is 2.36 bits per heavy atom. The number of ketones is 1. The normalized spacial score (nSPS) is 11.6. The molecule has 0 bridgehead atoms. The van der Waals surface area contributed by atoms with Gasteiger partial charge in [-0.2, -0.15) is 0 Å². The number of Topliss-reactive ketones (excluding diaryl/α,β-unsaturated/α-hetero) is 1. The fourth-order valence-electron chi connectivity index (χ4n) is 1.63. The molecule has 5 nitrogen and oxygen atoms in total. The standard InChI is InChI=1S/C16H19BrO5/c1-3-15(19)22-11(2)4-9-16(20)21-10-14(18)12-5-7-13(17)8-6-12/h5-8,11H,3-4,9-10H2,1-2H3. The van der Waals surface area contributed by atoms with Gasteiger partial charge in [0.25, 0.3) is 0 Å². The van der Waals surface area contributed by atoms with Crippen LogP contribution in [0.1, 0.15) is 43.5 Å². The molecule has 0 radical (unpaired) electrons. The van der Waals surface area contributed by atoms with Crippen LogP contribution < -0.4 is 0 Å². The van der Waals surface area contributed by atoms with Gasteiger partial charge in [-0.05, 0) is 25.5 Å². The molecule has 0 saturated carbocycles. The van der Waals surface area contributed by atoms with Crippen molar-refractivity contribution < 1.29 is 23.9 Å². The number of carbonyl (C=O) groups excluding carboxylic acids is 3. The van der Waals surface area contributed by atoms with Gasteiger partial charge < -0.3 is 9.47 Å². The first-order valence-corrected chi connectivity index (χ1v) is 7.85. The average molecular weight is 371 g/mol. The van der Waals surface area contributed by atoms with Crippen LogP contribution in [0.5, 0.6) is 0 Å². The number of carbonyl (C=O) groups is 3. The summed E-state index contributed by atoms with van der Waals surface area (Å²) >= 11 is 3.28. The third-order valence-electron chi connectivity index (χ3n) is 2.91. The van der Waals surface area contributed by atoms with Crippen LogP contribution in [0.4, 0.5) is 0 Å². The third kappa shape index (κ3) is 6.85. The highest BCUT2D eigenvalue weighted by molar-refractivity contribution is 9.10. The van der Waals surface area contributed by atoms with Crippen LogP contribution in [0, 0.1) is 0 Å². The highest BCUT2D eigenvalue weighted by Gasteiger charge is 2.13. The van der Waals surface area contributed by atoms with Gasteiger partial charge in [0.1, 0.15) is 0 Å². The van der Waals surface area contributed by atoms with E-state index in [0.29, 0.717) is 18.4 Å². The second-order valence-electron chi connectivity index (χ2n) is 4.78. The summed E-state index contributed by atoms with van der Waals surface area (Å²) in [5, 5.41) is 0. The molecular formula is C16H19BrO5. The van der Waals surface area contributed by atoms with Crippen LogP contribution in [0.3, 0.4) is 0 Å². The summed E-state index contributed by atoms with van der Waals surface area (Å²) in [4.78, 5) is 34.5. The van der Waals surface area contributed by atoms with Crippen molar-refractivity contribution >= 4 is 33.7 Å². The first kappa shape index (κ1) is 18.4. The molecule has 1 atom stereocenters. The Bertz CT molecular complexity index is 524. The van der Waals surface area contributed by atoms with E-state index in [4.69, 9.17) is 9.47 Å². The van der Waals surface area contributed by atoms with E-state index in [1.807, 2.05) is 0 Å². The Hall–Kier alpha value is -1.69. The Balaban J connectivity index is 2.29. The van der Waals surface area contributed by atoms with Gasteiger partial charge in [-0.15, -0.1) is 0 Å². The minimum atomic E-state index is -0.482. The maximum absolute atomic E-state index is 11.8. The summed E-state index contributed by atoms with van der Waals surface area (Å²) in [5.41, 5.74) is 0.487. The quantitative estimate of drug-likeness (QED) is 0.518. The summed E-state index contributed by atoms with van der Waals surface area (Å²) in [6, 6.07) is 6.82. The molecule has 0 aliphatic rings. The number of benzene rings is 1. The molecule has 0 fully saturated rings. The number of hydrogen-bond donors (Lipinski definition) is 0. The molecule has 0 saturated heterocycles. The summed E-state index contributed by atoms with van der Waals surface area (Å²) < 4.78 is 10.8. The molecule has 0 spiro atoms. The lowest BCUT2D eigenvalue weighted by Crippen LogP contribution is -2.18. The molecule has 1 aromatic rings. The summed E-state index contributed by atoms with van der Waals surface area (Å²) in [6.07, 6.45) is 0.432. The van der Waals surface area contributed by atoms with E-state index >= 15 is 0 Å². The predicted octanol–water partition coefficient (Wildman–Crippen LogP) is 3.30. The fourth-order valence-corrected chi connectivity index (χ4v) is 1.89. The van der Waals surface area contributed by atoms with Gasteiger partial charge in [0.2, 0.25) is 0 Å². The topological polar surface area (TPSA) is 69.7 Å². The monoisotopic (exact) mass is 370 g/mol. The van der Waals surface area contributed by atoms with Crippen molar-refractivity contribution in [3.05, 3.63) is 34.3 Å². The molecule has 0 aromatic heterocycles. The molecule has 6 heteroatoms. The molecule has 1 aromatic carbocycles. The number of esters is 2. The Morgan fingerprint density at radius 1 is 1.14 bits per heavy atom. The van der Waals surface area contributed by atoms with Gasteiger partial charge in [-0.3, -0.25) is 14.4 Å². The summed E-state index contributed by atoms with van der Waals surface area (Å²) in [6.45, 7) is 3.13. The van der Waals surface area contributed by atoms with Crippen molar-refractivity contribution in [3.63, 3.8) is 0 Å². The van der Waals surface area contributed by atoms with Gasteiger partial charge in [-0.25, -0.2) is 0 Å². The summed E-state index contributed by atoms with van der Waals surface area (Å²) in [5.74, 6) is -1.04. The second kappa shape index (κ2) is 9.35. The van der Waals surface area contributed by atoms with Gasteiger partial charge in [0.15, 0.2) is 12.4 Å². The lowest BCUT2D eigenvalue weighted by atomic mass is 10.1. The second-order valence-corrected chi connectivity index (χ2v) is 5.70. The van der Waals surface area contributed by atoms with Crippen molar-refractivity contribution in [2.24, 2.45) is 0 Å². The molecule has 22 heavy (non-hydrogen) atoms. The maximum atomic E-state index is 11.8. The van der Waals surface area contributed by atoms with Gasteiger partial charge in [-0.1, -0.05) is 35.0 Å². The highest BCUT2D eigenvalue weighted by atomic mass is 79.9. The molecule has 120 valence electrons. The molecule has 0 aliphatic heterocycles. The third-order valence-corrected chi connectivity index (χ3v) is 3.44. The molecule has 1 rings (SSSR count). The van der Waals surface area contributed by atoms with Crippen molar-refractivity contribution in [2.75, 3.05) is 6.61 Å². The SMILES string of the molecule is CCC(=O)OC(C)CCC(=O)OCC(=O)c1ccc(Br)cc1. The summed E-state index contributed by atoms with van der Waals surface area (Å²) in [7, 11) is 0. The van der Waals surface area contributed by atoms with E-state index in [1.54, 1.807) is 38.1 Å². The van der Waals surface area contributed by atoms with E-state index < -0.39 is 5.97 Å². The Kier molecular flexibility index (Phi) is 7.80. The van der Waals surface area contributed by atoms with E-state index in [0.717, 1.165) is 4.47 Å². The van der Waals surface area contributed by atoms with Crippen LogP contribution in [0.15, 0.2) is 28.7 Å². The zero-order valence-electron chi connectivity index (χ0n) is 12.6. The first-order valence-electron chi connectivity index (χ1n) is 7.06. The van der Waals surface area contributed by atoms with Crippen LogP contribution in [0.2, 0.25) is 0 Å². The lowest BCUT2D eigenvalue weighted by molar-refractivity contribution is -0.150. The fraction of sp³-hybridized carbons (Fsp3) is 0.438. The largest absolute Gasteiger partial charge is 0.463 e. The van der Waals surface area contributed by atoms with Gasteiger partial charge >= 0.3 is 11.9 Å². The van der Waals surface area contributed by atoms with Gasteiger partial charge in [0.05, 0.1) is 6.10 Å². The van der Waals surface area contributed by atoms with Crippen LogP contribution in [-0.2, 0) is 19.1 Å². The number of rotatable bonds is 8. The molecule has 0 N–H and O–H groups in total. The molecular weight excluding hydrogens is 352 g/mol. The smallest absolute Gasteiger partial charge is 0.306 e. The molecule has 0 amide bonds. The van der Waals surface area contributed by atoms with Crippen molar-refractivity contribution in [1.29, 1.82) is 0 Å². The van der Waals surface area contributed by atoms with E-state index in [9.17, 15) is 14.4 Å². The number of hydrogen-bond acceptors (Lipinski definition) is 5. The van der Waals surface area contributed by atoms with Crippen molar-refractivity contribution in [3.8, 4) is 0 Å². The molecule has 0 heterocycles. The van der Waals surface area contributed by atoms with Gasteiger partial charge in [0, 0.05) is 22.9 Å². The van der Waals surface area contributed by atoms with E-state index in [-0.39, 0.29) is 30.9 Å². The molecule has 1 unspecified atom stereocenters. The van der Waals surface area contributed by atoms with E-state index in [1.165, 1.54) is 0 Å². The first-order chi connectivity index (χ1) is 10.4. The maximum Gasteiger partial charge on any atom is 0.306 e. The van der Waals surface area contributed by atoms with Crippen LogP contribution in [0.25, 0.3) is 0 Å². The van der Waals surface area contributed by atoms with Crippen LogP contribution in [-0.4, -0.2) is 30.4 Å². The van der Waals surface area contributed by atoms with Crippen molar-refractivity contribution in [2.45, 2.75) is 39.2 Å². The Labute approximate surface area is 138 Å². The highest BCUT2D eigenvalue weighted by Crippen LogP contribution is 2.11. The number of halogens is 1. The minimum absolute atomic E-state index is 0.103. The zero-order valence-corrected chi connectivity index (χ0v) is 14.2. The van der Waals surface area contributed by atoms with E-state index in [2.05, 4.69) is 15.9 Å². The Morgan fingerprint density at radius 2 is 1.77 bits per heavy atom. The zero-order chi connectivity index (χ0) is 16.5.